The molecule has 1 atom stereocenters. The van der Waals surface area contributed by atoms with E-state index in [9.17, 15) is 0 Å². The van der Waals surface area contributed by atoms with Crippen molar-refractivity contribution in [2.45, 2.75) is 19.3 Å². The molecule has 0 saturated carbocycles. The molecule has 0 N–H and O–H groups in total. The average Bonchev–Trinajstić information content (AvgIpc) is 3.99. The molecule has 3 heterocycles. The SMILES string of the molecule is CC1CC=Cc2c1c1ccccc1n2-c1cccc(N(c2ccccc2-c2cccc3oc4cc5ccccc5cc4c23)c2cccc3oc4c5ccccc5ccc4c23)c1. The Bertz CT molecular complexity index is 3780. The highest BCUT2D eigenvalue weighted by Gasteiger charge is 2.26. The maximum Gasteiger partial charge on any atom is 0.143 e. The van der Waals surface area contributed by atoms with Crippen LogP contribution in [0.3, 0.4) is 0 Å². The van der Waals surface area contributed by atoms with Gasteiger partial charge in [-0.1, -0.05) is 128 Å². The first kappa shape index (κ1) is 34.1. The topological polar surface area (TPSA) is 34.5 Å². The molecule has 0 spiro atoms. The van der Waals surface area contributed by atoms with Crippen molar-refractivity contribution in [1.82, 2.24) is 4.57 Å². The summed E-state index contributed by atoms with van der Waals surface area (Å²) in [5.41, 5.74) is 13.9. The Hall–Kier alpha value is -7.82. The Morgan fingerprint density at radius 3 is 2.11 bits per heavy atom. The first-order chi connectivity index (χ1) is 30.2. The summed E-state index contributed by atoms with van der Waals surface area (Å²) in [6.45, 7) is 2.35. The minimum atomic E-state index is 0.431. The predicted molar refractivity (Wildman–Crippen MR) is 255 cm³/mol. The molecule has 0 radical (unpaired) electrons. The van der Waals surface area contributed by atoms with Gasteiger partial charge in [0.2, 0.25) is 0 Å². The van der Waals surface area contributed by atoms with Crippen molar-refractivity contribution >= 4 is 99.5 Å². The van der Waals surface area contributed by atoms with E-state index in [1.165, 1.54) is 27.5 Å². The van der Waals surface area contributed by atoms with Gasteiger partial charge in [-0.15, -0.1) is 0 Å². The van der Waals surface area contributed by atoms with Crippen molar-refractivity contribution in [2.75, 3.05) is 4.90 Å². The number of rotatable bonds is 5. The van der Waals surface area contributed by atoms with Crippen LogP contribution in [0.15, 0.2) is 197 Å². The fourth-order valence-electron chi connectivity index (χ4n) is 10.3. The number of nitrogens with zero attached hydrogens (tertiary/aromatic N) is 2. The molecule has 0 fully saturated rings. The average molecular weight is 783 g/mol. The number of fused-ring (bicyclic) bond motifs is 12. The first-order valence-electron chi connectivity index (χ1n) is 21.1. The van der Waals surface area contributed by atoms with Crippen LogP contribution in [0.4, 0.5) is 17.1 Å². The molecule has 61 heavy (non-hydrogen) atoms. The van der Waals surface area contributed by atoms with Gasteiger partial charge in [-0.3, -0.25) is 0 Å². The molecule has 13 rings (SSSR count). The van der Waals surface area contributed by atoms with Crippen LogP contribution in [0, 0.1) is 0 Å². The monoisotopic (exact) mass is 782 g/mol. The number of hydrogen-bond acceptors (Lipinski definition) is 3. The third kappa shape index (κ3) is 5.06. The Morgan fingerprint density at radius 1 is 0.508 bits per heavy atom. The molecule has 0 aliphatic heterocycles. The third-order valence-electron chi connectivity index (χ3n) is 13.0. The summed E-state index contributed by atoms with van der Waals surface area (Å²) in [6, 6.07) is 65.5. The lowest BCUT2D eigenvalue weighted by molar-refractivity contribution is 0.669. The van der Waals surface area contributed by atoms with Gasteiger partial charge >= 0.3 is 0 Å². The van der Waals surface area contributed by atoms with Crippen molar-refractivity contribution in [1.29, 1.82) is 0 Å². The molecule has 4 nitrogen and oxygen atoms in total. The lowest BCUT2D eigenvalue weighted by Crippen LogP contribution is -2.12. The van der Waals surface area contributed by atoms with Crippen molar-refractivity contribution < 1.29 is 8.83 Å². The fraction of sp³-hybridized carbons (Fsp3) is 0.0526. The molecule has 0 amide bonds. The first-order valence-corrected chi connectivity index (χ1v) is 21.1. The molecule has 1 aliphatic carbocycles. The Balaban J connectivity index is 1.10. The second-order valence-corrected chi connectivity index (χ2v) is 16.5. The highest BCUT2D eigenvalue weighted by Crippen LogP contribution is 2.49. The number of furan rings is 2. The molecule has 4 heteroatoms. The maximum absolute atomic E-state index is 6.83. The second-order valence-electron chi connectivity index (χ2n) is 16.5. The van der Waals surface area contributed by atoms with Crippen LogP contribution in [-0.2, 0) is 0 Å². The number of benzene rings is 9. The third-order valence-corrected chi connectivity index (χ3v) is 13.0. The summed E-state index contributed by atoms with van der Waals surface area (Å²) in [5.74, 6) is 0.431. The number of para-hydroxylation sites is 2. The van der Waals surface area contributed by atoms with Gasteiger partial charge in [-0.2, -0.15) is 0 Å². The summed E-state index contributed by atoms with van der Waals surface area (Å²) in [5, 5.41) is 10.3. The van der Waals surface area contributed by atoms with Gasteiger partial charge in [0, 0.05) is 49.6 Å². The molecule has 3 aromatic heterocycles. The van der Waals surface area contributed by atoms with Gasteiger partial charge in [0.15, 0.2) is 0 Å². The number of hydrogen-bond donors (Lipinski definition) is 0. The molecule has 0 saturated heterocycles. The van der Waals surface area contributed by atoms with Gasteiger partial charge < -0.3 is 18.3 Å². The number of anilines is 3. The second kappa shape index (κ2) is 13.1. The van der Waals surface area contributed by atoms with Crippen LogP contribution < -0.4 is 4.90 Å². The minimum Gasteiger partial charge on any atom is -0.456 e. The van der Waals surface area contributed by atoms with Crippen LogP contribution in [0.2, 0.25) is 0 Å². The highest BCUT2D eigenvalue weighted by atomic mass is 16.3. The quantitative estimate of drug-likeness (QED) is 0.174. The predicted octanol–water partition coefficient (Wildman–Crippen LogP) is 16.4. The van der Waals surface area contributed by atoms with Crippen LogP contribution >= 0.6 is 0 Å². The summed E-state index contributed by atoms with van der Waals surface area (Å²) >= 11 is 0. The lowest BCUT2D eigenvalue weighted by atomic mass is 9.91. The van der Waals surface area contributed by atoms with E-state index in [1.54, 1.807) is 0 Å². The highest BCUT2D eigenvalue weighted by molar-refractivity contribution is 6.21. The van der Waals surface area contributed by atoms with E-state index in [4.69, 9.17) is 8.83 Å². The van der Waals surface area contributed by atoms with E-state index < -0.39 is 0 Å². The standard InChI is InChI=1S/C57H38N2O2/c1-35-14-10-26-49-54(35)44-22-7-9-25-48(44)59(49)40-19-11-18-39(34-40)58(50-27-13-29-52-56(50)45-31-30-36-15-4-5-20-41(36)57(45)61-52)47-24-8-6-21-42(47)43-23-12-28-51-55(43)46-32-37-16-2-3-17-38(37)33-53(46)60-51/h2-13,15-35H,14H2,1H3. The largest absolute Gasteiger partial charge is 0.456 e. The van der Waals surface area contributed by atoms with Crippen LogP contribution in [-0.4, -0.2) is 4.57 Å². The minimum absolute atomic E-state index is 0.431. The van der Waals surface area contributed by atoms with E-state index in [0.717, 1.165) is 100 Å². The zero-order valence-electron chi connectivity index (χ0n) is 33.5. The van der Waals surface area contributed by atoms with Crippen LogP contribution in [0.1, 0.15) is 30.5 Å². The molecule has 1 aliphatic rings. The zero-order chi connectivity index (χ0) is 40.2. The molecule has 1 unspecified atom stereocenters. The van der Waals surface area contributed by atoms with Crippen LogP contribution in [0.5, 0.6) is 0 Å². The molecular formula is C57H38N2O2. The Kier molecular flexibility index (Phi) is 7.31. The van der Waals surface area contributed by atoms with Crippen molar-refractivity contribution in [3.63, 3.8) is 0 Å². The van der Waals surface area contributed by atoms with Crippen LogP contribution in [0.25, 0.3) is 99.2 Å². The van der Waals surface area contributed by atoms with E-state index in [0.29, 0.717) is 5.92 Å². The van der Waals surface area contributed by atoms with E-state index in [-0.39, 0.29) is 0 Å². The smallest absolute Gasteiger partial charge is 0.143 e. The number of allylic oxidation sites excluding steroid dienone is 1. The normalized spacial score (nSPS) is 14.0. The van der Waals surface area contributed by atoms with E-state index >= 15 is 0 Å². The van der Waals surface area contributed by atoms with Gasteiger partial charge in [-0.05, 0) is 112 Å². The molecule has 288 valence electrons. The molecular weight excluding hydrogens is 745 g/mol. The lowest BCUT2D eigenvalue weighted by Gasteiger charge is -2.29. The van der Waals surface area contributed by atoms with Crippen molar-refractivity contribution in [3.05, 3.63) is 199 Å². The van der Waals surface area contributed by atoms with Crippen molar-refractivity contribution in [2.24, 2.45) is 0 Å². The van der Waals surface area contributed by atoms with Gasteiger partial charge in [0.05, 0.1) is 22.3 Å². The van der Waals surface area contributed by atoms with Gasteiger partial charge in [-0.25, -0.2) is 0 Å². The van der Waals surface area contributed by atoms with Crippen molar-refractivity contribution in [3.8, 4) is 16.8 Å². The summed E-state index contributed by atoms with van der Waals surface area (Å²) < 4.78 is 15.9. The maximum atomic E-state index is 6.83. The summed E-state index contributed by atoms with van der Waals surface area (Å²) in [6.07, 6.45) is 5.68. The molecule has 0 bridgehead atoms. The summed E-state index contributed by atoms with van der Waals surface area (Å²) in [4.78, 5) is 2.44. The molecule has 9 aromatic carbocycles. The van der Waals surface area contributed by atoms with E-state index in [2.05, 4.69) is 211 Å². The molecule has 12 aromatic rings. The van der Waals surface area contributed by atoms with E-state index in [1.807, 2.05) is 0 Å². The fourth-order valence-corrected chi connectivity index (χ4v) is 10.3. The van der Waals surface area contributed by atoms with Gasteiger partial charge in [0.1, 0.15) is 22.3 Å². The summed E-state index contributed by atoms with van der Waals surface area (Å²) in [7, 11) is 0. The Morgan fingerprint density at radius 2 is 1.21 bits per heavy atom. The zero-order valence-corrected chi connectivity index (χ0v) is 33.5. The van der Waals surface area contributed by atoms with Gasteiger partial charge in [0.25, 0.3) is 0 Å². The Labute approximate surface area is 351 Å². The number of aromatic nitrogens is 1.